The Morgan fingerprint density at radius 3 is 2.64 bits per heavy atom. The average molecular weight is 402 g/mol. The predicted octanol–water partition coefficient (Wildman–Crippen LogP) is 2.48. The molecule has 8 heteroatoms. The number of nitrogens with one attached hydrogen (secondary N) is 1. The molecule has 0 spiro atoms. The summed E-state index contributed by atoms with van der Waals surface area (Å²) in [5.41, 5.74) is 2.78. The number of rotatable bonds is 7. The SMILES string of the molecule is CCS(=O)(=O)N1CCc2cc(C(=O)COC(=O)c3ccccc3NC)ccc21. The first-order valence-electron chi connectivity index (χ1n) is 8.98. The molecule has 0 saturated heterocycles. The van der Waals surface area contributed by atoms with Gasteiger partial charge in [0.1, 0.15) is 0 Å². The van der Waals surface area contributed by atoms with Crippen LogP contribution in [0.1, 0.15) is 33.2 Å². The first-order chi connectivity index (χ1) is 13.4. The zero-order valence-electron chi connectivity index (χ0n) is 15.8. The van der Waals surface area contributed by atoms with E-state index in [2.05, 4.69) is 5.32 Å². The molecule has 7 nitrogen and oxygen atoms in total. The Balaban J connectivity index is 1.70. The van der Waals surface area contributed by atoms with E-state index < -0.39 is 16.0 Å². The van der Waals surface area contributed by atoms with Crippen LogP contribution in [-0.4, -0.2) is 46.1 Å². The van der Waals surface area contributed by atoms with Gasteiger partial charge < -0.3 is 10.1 Å². The smallest absolute Gasteiger partial charge is 0.340 e. The molecule has 1 aliphatic heterocycles. The fraction of sp³-hybridized carbons (Fsp3) is 0.300. The number of hydrogen-bond acceptors (Lipinski definition) is 6. The number of sulfonamides is 1. The van der Waals surface area contributed by atoms with E-state index in [-0.39, 0.29) is 18.1 Å². The molecule has 1 aliphatic rings. The van der Waals surface area contributed by atoms with Crippen molar-refractivity contribution in [1.29, 1.82) is 0 Å². The van der Waals surface area contributed by atoms with E-state index in [0.717, 1.165) is 5.56 Å². The molecule has 3 rings (SSSR count). The van der Waals surface area contributed by atoms with E-state index in [4.69, 9.17) is 4.74 Å². The number of esters is 1. The van der Waals surface area contributed by atoms with Crippen molar-refractivity contribution in [2.75, 3.05) is 35.6 Å². The molecular formula is C20H22N2O5S. The Bertz CT molecular complexity index is 1020. The van der Waals surface area contributed by atoms with E-state index in [0.29, 0.717) is 35.5 Å². The molecular weight excluding hydrogens is 380 g/mol. The summed E-state index contributed by atoms with van der Waals surface area (Å²) in [5, 5.41) is 2.91. The Hall–Kier alpha value is -2.87. The number of nitrogens with zero attached hydrogens (tertiary/aromatic N) is 1. The van der Waals surface area contributed by atoms with Crippen molar-refractivity contribution in [3.05, 3.63) is 59.2 Å². The molecule has 2 aromatic carbocycles. The maximum atomic E-state index is 12.4. The molecule has 1 heterocycles. The lowest BCUT2D eigenvalue weighted by molar-refractivity contribution is 0.0475. The number of para-hydroxylation sites is 1. The van der Waals surface area contributed by atoms with Gasteiger partial charge in [-0.15, -0.1) is 0 Å². The van der Waals surface area contributed by atoms with Crippen molar-refractivity contribution in [2.45, 2.75) is 13.3 Å². The van der Waals surface area contributed by atoms with Crippen LogP contribution in [0.2, 0.25) is 0 Å². The first-order valence-corrected chi connectivity index (χ1v) is 10.6. The molecule has 28 heavy (non-hydrogen) atoms. The molecule has 0 aliphatic carbocycles. The summed E-state index contributed by atoms with van der Waals surface area (Å²) in [7, 11) is -1.63. The molecule has 0 bridgehead atoms. The second-order valence-electron chi connectivity index (χ2n) is 6.36. The van der Waals surface area contributed by atoms with Crippen molar-refractivity contribution in [3.63, 3.8) is 0 Å². The second kappa shape index (κ2) is 8.02. The van der Waals surface area contributed by atoms with Crippen molar-refractivity contribution in [2.24, 2.45) is 0 Å². The molecule has 1 N–H and O–H groups in total. The van der Waals surface area contributed by atoms with E-state index in [1.807, 2.05) is 0 Å². The summed E-state index contributed by atoms with van der Waals surface area (Å²) in [6, 6.07) is 11.8. The number of Topliss-reactive ketones (excluding diaryl/α,β-unsaturated/α-hetero) is 1. The Kier molecular flexibility index (Phi) is 5.69. The minimum atomic E-state index is -3.33. The van der Waals surface area contributed by atoms with Crippen LogP contribution in [0.15, 0.2) is 42.5 Å². The van der Waals surface area contributed by atoms with Crippen LogP contribution in [0.25, 0.3) is 0 Å². The number of ketones is 1. The summed E-state index contributed by atoms with van der Waals surface area (Å²) >= 11 is 0. The molecule has 0 aromatic heterocycles. The number of hydrogen-bond donors (Lipinski definition) is 1. The summed E-state index contributed by atoms with van der Waals surface area (Å²) in [5.74, 6) is -0.897. The lowest BCUT2D eigenvalue weighted by Gasteiger charge is -2.18. The average Bonchev–Trinajstić information content (AvgIpc) is 3.15. The van der Waals surface area contributed by atoms with Gasteiger partial charge in [-0.1, -0.05) is 12.1 Å². The molecule has 0 fully saturated rings. The zero-order chi connectivity index (χ0) is 20.3. The molecule has 0 saturated carbocycles. The van der Waals surface area contributed by atoms with Gasteiger partial charge in [-0.2, -0.15) is 0 Å². The van der Waals surface area contributed by atoms with Crippen LogP contribution in [0, 0.1) is 0 Å². The predicted molar refractivity (Wildman–Crippen MR) is 108 cm³/mol. The highest BCUT2D eigenvalue weighted by Crippen LogP contribution is 2.31. The third kappa shape index (κ3) is 3.87. The summed E-state index contributed by atoms with van der Waals surface area (Å²) in [6.45, 7) is 1.59. The highest BCUT2D eigenvalue weighted by atomic mass is 32.2. The van der Waals surface area contributed by atoms with Gasteiger partial charge >= 0.3 is 5.97 Å². The Morgan fingerprint density at radius 1 is 1.18 bits per heavy atom. The van der Waals surface area contributed by atoms with E-state index in [1.165, 1.54) is 4.31 Å². The van der Waals surface area contributed by atoms with Gasteiger partial charge in [-0.25, -0.2) is 13.2 Å². The normalized spacial score (nSPS) is 13.1. The monoisotopic (exact) mass is 402 g/mol. The van der Waals surface area contributed by atoms with Gasteiger partial charge in [0.15, 0.2) is 12.4 Å². The fourth-order valence-corrected chi connectivity index (χ4v) is 4.32. The van der Waals surface area contributed by atoms with Gasteiger partial charge in [-0.05, 0) is 49.2 Å². The first kappa shape index (κ1) is 19.9. The number of carbonyl (C=O) groups is 2. The van der Waals surface area contributed by atoms with Crippen molar-refractivity contribution in [3.8, 4) is 0 Å². The van der Waals surface area contributed by atoms with Crippen LogP contribution in [0.5, 0.6) is 0 Å². The fourth-order valence-electron chi connectivity index (χ4n) is 3.16. The zero-order valence-corrected chi connectivity index (χ0v) is 16.6. The number of carbonyl (C=O) groups excluding carboxylic acids is 2. The highest BCUT2D eigenvalue weighted by molar-refractivity contribution is 7.92. The molecule has 148 valence electrons. The van der Waals surface area contributed by atoms with Gasteiger partial charge in [0.05, 0.1) is 17.0 Å². The highest BCUT2D eigenvalue weighted by Gasteiger charge is 2.28. The molecule has 0 unspecified atom stereocenters. The molecule has 0 radical (unpaired) electrons. The largest absolute Gasteiger partial charge is 0.454 e. The maximum absolute atomic E-state index is 12.4. The third-order valence-electron chi connectivity index (χ3n) is 4.71. The molecule has 0 atom stereocenters. The second-order valence-corrected chi connectivity index (χ2v) is 8.54. The van der Waals surface area contributed by atoms with Crippen LogP contribution < -0.4 is 9.62 Å². The number of anilines is 2. The Morgan fingerprint density at radius 2 is 1.93 bits per heavy atom. The quantitative estimate of drug-likeness (QED) is 0.565. The van der Waals surface area contributed by atoms with Crippen LogP contribution in [0.3, 0.4) is 0 Å². The number of ether oxygens (including phenoxy) is 1. The Labute approximate surface area is 164 Å². The van der Waals surface area contributed by atoms with Crippen molar-refractivity contribution in [1.82, 2.24) is 0 Å². The number of benzene rings is 2. The lowest BCUT2D eigenvalue weighted by Crippen LogP contribution is -2.30. The summed E-state index contributed by atoms with van der Waals surface area (Å²) < 4.78 is 30.8. The van der Waals surface area contributed by atoms with Gasteiger partial charge in [0.2, 0.25) is 10.0 Å². The third-order valence-corrected chi connectivity index (χ3v) is 6.49. The van der Waals surface area contributed by atoms with E-state index >= 15 is 0 Å². The van der Waals surface area contributed by atoms with Crippen molar-refractivity contribution >= 4 is 33.2 Å². The van der Waals surface area contributed by atoms with Gasteiger partial charge in [0.25, 0.3) is 0 Å². The summed E-state index contributed by atoms with van der Waals surface area (Å²) in [4.78, 5) is 24.7. The minimum Gasteiger partial charge on any atom is -0.454 e. The van der Waals surface area contributed by atoms with Crippen LogP contribution in [-0.2, 0) is 21.2 Å². The topological polar surface area (TPSA) is 92.8 Å². The number of fused-ring (bicyclic) bond motifs is 1. The summed E-state index contributed by atoms with van der Waals surface area (Å²) in [6.07, 6.45) is 0.547. The lowest BCUT2D eigenvalue weighted by atomic mass is 10.1. The van der Waals surface area contributed by atoms with E-state index in [1.54, 1.807) is 56.4 Å². The van der Waals surface area contributed by atoms with E-state index in [9.17, 15) is 18.0 Å². The van der Waals surface area contributed by atoms with Gasteiger partial charge in [0, 0.05) is 24.8 Å². The van der Waals surface area contributed by atoms with Crippen molar-refractivity contribution < 1.29 is 22.7 Å². The van der Waals surface area contributed by atoms with Crippen LogP contribution >= 0.6 is 0 Å². The van der Waals surface area contributed by atoms with Crippen LogP contribution in [0.4, 0.5) is 11.4 Å². The standard InChI is InChI=1S/C20H22N2O5S/c1-3-28(25,26)22-11-10-14-12-15(8-9-18(14)22)19(23)13-27-20(24)16-6-4-5-7-17(16)21-2/h4-9,12,21H,3,10-11,13H2,1-2H3. The van der Waals surface area contributed by atoms with Gasteiger partial charge in [-0.3, -0.25) is 9.10 Å². The maximum Gasteiger partial charge on any atom is 0.340 e. The minimum absolute atomic E-state index is 0.0250. The molecule has 0 amide bonds. The molecule has 2 aromatic rings.